The van der Waals surface area contributed by atoms with Crippen LogP contribution >= 0.6 is 0 Å². The summed E-state index contributed by atoms with van der Waals surface area (Å²) in [4.78, 5) is 0.162. The Labute approximate surface area is 171 Å². The Morgan fingerprint density at radius 2 is 1.48 bits per heavy atom. The first kappa shape index (κ1) is 20.8. The van der Waals surface area contributed by atoms with E-state index in [4.69, 9.17) is 16.3 Å². The number of rotatable bonds is 8. The van der Waals surface area contributed by atoms with Gasteiger partial charge in [-0.25, -0.2) is 13.6 Å². The summed E-state index contributed by atoms with van der Waals surface area (Å²) >= 11 is 0. The molecule has 0 heterocycles. The number of hydrogen-bond acceptors (Lipinski definition) is 3. The first-order chi connectivity index (χ1) is 13.8. The number of unbranched alkanes of at least 4 members (excludes halogenated alkanes) is 1. The molecule has 0 saturated heterocycles. The molecule has 0 spiro atoms. The van der Waals surface area contributed by atoms with Crippen LogP contribution < -0.4 is 10.9 Å². The van der Waals surface area contributed by atoms with Gasteiger partial charge in [-0.1, -0.05) is 60.7 Å². The molecule has 6 heteroatoms. The van der Waals surface area contributed by atoms with Crippen molar-refractivity contribution in [2.45, 2.75) is 30.6 Å². The fraction of sp³-hybridized carbons (Fsp3) is 0.174. The number of nitrogens with one attached hydrogen (secondary N) is 1. The molecule has 29 heavy (non-hydrogen) atoms. The maximum absolute atomic E-state index is 12.1. The van der Waals surface area contributed by atoms with Gasteiger partial charge in [-0.2, -0.15) is 0 Å². The van der Waals surface area contributed by atoms with E-state index in [2.05, 4.69) is 0 Å². The lowest BCUT2D eigenvalue weighted by molar-refractivity contribution is 0.598. The number of sulfonamides is 1. The van der Waals surface area contributed by atoms with E-state index in [1.807, 2.05) is 66.7 Å². The molecule has 0 atom stereocenters. The molecule has 0 aliphatic rings. The highest BCUT2D eigenvalue weighted by molar-refractivity contribution is 7.89. The molecule has 0 aliphatic heterocycles. The zero-order valence-corrected chi connectivity index (χ0v) is 17.0. The van der Waals surface area contributed by atoms with Crippen molar-refractivity contribution in [3.8, 4) is 11.1 Å². The van der Waals surface area contributed by atoms with E-state index < -0.39 is 10.0 Å². The van der Waals surface area contributed by atoms with Crippen LogP contribution in [0.1, 0.15) is 29.5 Å². The Morgan fingerprint density at radius 1 is 0.828 bits per heavy atom. The minimum absolute atomic E-state index is 0.0703. The summed E-state index contributed by atoms with van der Waals surface area (Å²) < 4.78 is 24.3. The van der Waals surface area contributed by atoms with Crippen molar-refractivity contribution >= 4 is 15.9 Å². The zero-order valence-electron chi connectivity index (χ0n) is 16.1. The molecule has 0 fully saturated rings. The van der Waals surface area contributed by atoms with E-state index >= 15 is 0 Å². The number of primary sulfonamides is 1. The van der Waals surface area contributed by atoms with Crippen molar-refractivity contribution in [2.24, 2.45) is 10.9 Å². The lowest BCUT2D eigenvalue weighted by Gasteiger charge is -2.11. The maximum atomic E-state index is 12.1. The number of nitrogen functional groups attached to an aromatic ring is 1. The van der Waals surface area contributed by atoms with Crippen molar-refractivity contribution in [3.05, 3.63) is 89.5 Å². The van der Waals surface area contributed by atoms with E-state index in [1.54, 1.807) is 6.07 Å². The topological polar surface area (TPSA) is 110 Å². The molecule has 3 aromatic rings. The largest absolute Gasteiger partial charge is 0.384 e. The quantitative estimate of drug-likeness (QED) is 0.300. The van der Waals surface area contributed by atoms with Gasteiger partial charge in [0.1, 0.15) is 5.84 Å². The Hall–Kier alpha value is -2.96. The first-order valence-electron chi connectivity index (χ1n) is 9.49. The predicted octanol–water partition coefficient (Wildman–Crippen LogP) is 3.85. The predicted molar refractivity (Wildman–Crippen MR) is 117 cm³/mol. The van der Waals surface area contributed by atoms with Gasteiger partial charge in [0.2, 0.25) is 10.0 Å². The molecule has 0 aliphatic carbocycles. The molecular weight excluding hydrogens is 382 g/mol. The molecule has 0 saturated carbocycles. The zero-order chi connectivity index (χ0) is 20.9. The number of benzene rings is 3. The molecular formula is C23H25N3O2S. The third-order valence-corrected chi connectivity index (χ3v) is 5.81. The van der Waals surface area contributed by atoms with E-state index in [0.717, 1.165) is 47.9 Å². The fourth-order valence-electron chi connectivity index (χ4n) is 3.37. The van der Waals surface area contributed by atoms with E-state index in [0.29, 0.717) is 5.56 Å². The molecule has 0 amide bonds. The van der Waals surface area contributed by atoms with Crippen LogP contribution in [0.4, 0.5) is 0 Å². The Balaban J connectivity index is 1.69. The van der Waals surface area contributed by atoms with Crippen LogP contribution in [-0.4, -0.2) is 14.3 Å². The van der Waals surface area contributed by atoms with Crippen LogP contribution in [0.5, 0.6) is 0 Å². The van der Waals surface area contributed by atoms with Crippen LogP contribution in [0.15, 0.2) is 77.7 Å². The molecule has 5 nitrogen and oxygen atoms in total. The smallest absolute Gasteiger partial charge is 0.238 e. The Kier molecular flexibility index (Phi) is 6.46. The SMILES string of the molecule is N=C(N)c1cccc(CCCCc2ccc(-c3ccccc3)c(S(N)(=O)=O)c2)c1. The molecule has 0 aromatic heterocycles. The third-order valence-electron chi connectivity index (χ3n) is 4.86. The van der Waals surface area contributed by atoms with Crippen molar-refractivity contribution in [3.63, 3.8) is 0 Å². The van der Waals surface area contributed by atoms with Crippen molar-refractivity contribution in [2.75, 3.05) is 0 Å². The summed E-state index contributed by atoms with van der Waals surface area (Å²) in [5.74, 6) is 0.0703. The van der Waals surface area contributed by atoms with Crippen LogP contribution in [0.3, 0.4) is 0 Å². The van der Waals surface area contributed by atoms with Gasteiger partial charge in [-0.15, -0.1) is 0 Å². The van der Waals surface area contributed by atoms with Gasteiger partial charge < -0.3 is 5.73 Å². The number of amidine groups is 1. The van der Waals surface area contributed by atoms with E-state index in [-0.39, 0.29) is 10.7 Å². The van der Waals surface area contributed by atoms with Crippen LogP contribution in [0.25, 0.3) is 11.1 Å². The summed E-state index contributed by atoms with van der Waals surface area (Å²) in [6, 6.07) is 22.6. The van der Waals surface area contributed by atoms with Crippen molar-refractivity contribution in [1.29, 1.82) is 5.41 Å². The normalized spacial score (nSPS) is 11.3. The lowest BCUT2D eigenvalue weighted by Crippen LogP contribution is -2.14. The number of aryl methyl sites for hydroxylation is 2. The third kappa shape index (κ3) is 5.53. The van der Waals surface area contributed by atoms with Gasteiger partial charge in [0.25, 0.3) is 0 Å². The van der Waals surface area contributed by atoms with Gasteiger partial charge in [0.15, 0.2) is 0 Å². The Bertz CT molecular complexity index is 1110. The van der Waals surface area contributed by atoms with Crippen LogP contribution in [0, 0.1) is 5.41 Å². The van der Waals surface area contributed by atoms with Crippen LogP contribution in [-0.2, 0) is 22.9 Å². The molecule has 3 aromatic carbocycles. The molecule has 150 valence electrons. The monoisotopic (exact) mass is 407 g/mol. The fourth-order valence-corrected chi connectivity index (χ4v) is 4.17. The summed E-state index contributed by atoms with van der Waals surface area (Å²) in [7, 11) is -3.82. The summed E-state index contributed by atoms with van der Waals surface area (Å²) in [5.41, 5.74) is 9.82. The van der Waals surface area contributed by atoms with Crippen LogP contribution in [0.2, 0.25) is 0 Å². The van der Waals surface area contributed by atoms with Gasteiger partial charge in [0, 0.05) is 11.1 Å². The molecule has 0 radical (unpaired) electrons. The van der Waals surface area contributed by atoms with Gasteiger partial charge in [0.05, 0.1) is 4.90 Å². The minimum Gasteiger partial charge on any atom is -0.384 e. The summed E-state index contributed by atoms with van der Waals surface area (Å²) in [6.07, 6.45) is 3.51. The maximum Gasteiger partial charge on any atom is 0.238 e. The molecule has 3 rings (SSSR count). The molecule has 0 unspecified atom stereocenters. The molecule has 0 bridgehead atoms. The van der Waals surface area contributed by atoms with E-state index in [1.165, 1.54) is 0 Å². The summed E-state index contributed by atoms with van der Waals surface area (Å²) in [6.45, 7) is 0. The average molecular weight is 408 g/mol. The van der Waals surface area contributed by atoms with E-state index in [9.17, 15) is 8.42 Å². The van der Waals surface area contributed by atoms with Gasteiger partial charge >= 0.3 is 0 Å². The highest BCUT2D eigenvalue weighted by atomic mass is 32.2. The minimum atomic E-state index is -3.82. The number of hydrogen-bond donors (Lipinski definition) is 3. The lowest BCUT2D eigenvalue weighted by atomic mass is 9.99. The second kappa shape index (κ2) is 9.03. The standard InChI is InChI=1S/C23H25N3O2S/c24-23(25)20-12-6-9-17(15-20)7-4-5-8-18-13-14-21(19-10-2-1-3-11-19)22(16-18)29(26,27)28/h1-3,6,9-16H,4-5,7-8H2,(H3,24,25)(H2,26,27,28). The van der Waals surface area contributed by atoms with Gasteiger partial charge in [-0.05, 0) is 54.5 Å². The number of nitrogens with two attached hydrogens (primary N) is 2. The summed E-state index contributed by atoms with van der Waals surface area (Å²) in [5, 5.41) is 13.0. The van der Waals surface area contributed by atoms with Crippen molar-refractivity contribution < 1.29 is 8.42 Å². The average Bonchev–Trinajstić information content (AvgIpc) is 2.71. The second-order valence-electron chi connectivity index (χ2n) is 7.06. The van der Waals surface area contributed by atoms with Crippen molar-refractivity contribution in [1.82, 2.24) is 0 Å². The Morgan fingerprint density at radius 3 is 2.10 bits per heavy atom. The molecule has 5 N–H and O–H groups in total. The first-order valence-corrected chi connectivity index (χ1v) is 11.0. The van der Waals surface area contributed by atoms with Gasteiger partial charge in [-0.3, -0.25) is 5.41 Å². The second-order valence-corrected chi connectivity index (χ2v) is 8.59. The highest BCUT2D eigenvalue weighted by Gasteiger charge is 2.16. The highest BCUT2D eigenvalue weighted by Crippen LogP contribution is 2.28.